The fraction of sp³-hybridized carbons (Fsp3) is 0. The number of hydrogen-bond donors (Lipinski definition) is 0. The van der Waals surface area contributed by atoms with E-state index in [-0.39, 0.29) is 5.69 Å². The molecule has 0 aliphatic carbocycles. The lowest BCUT2D eigenvalue weighted by molar-refractivity contribution is 0.584. The molecular formula is C21H13BrF2N4S. The zero-order chi connectivity index (χ0) is 20.2. The van der Waals surface area contributed by atoms with Gasteiger partial charge in [-0.05, 0) is 30.3 Å². The van der Waals surface area contributed by atoms with Crippen LogP contribution in [0.15, 0.2) is 86.8 Å². The second-order valence-electron chi connectivity index (χ2n) is 5.90. The van der Waals surface area contributed by atoms with Gasteiger partial charge in [-0.25, -0.2) is 18.4 Å². The minimum Gasteiger partial charge on any atom is -0.255 e. The molecule has 8 heteroatoms. The molecule has 0 amide bonds. The van der Waals surface area contributed by atoms with E-state index in [1.165, 1.54) is 23.5 Å². The number of pyridine rings is 1. The topological polar surface area (TPSA) is 42.5 Å². The predicted molar refractivity (Wildman–Crippen MR) is 114 cm³/mol. The molecule has 144 valence electrons. The zero-order valence-corrected chi connectivity index (χ0v) is 17.2. The molecule has 2 aromatic carbocycles. The normalized spacial score (nSPS) is 12.0. The third kappa shape index (κ3) is 4.38. The van der Waals surface area contributed by atoms with Crippen LogP contribution >= 0.6 is 27.3 Å². The maximum atomic E-state index is 14.1. The molecule has 2 aromatic heterocycles. The first-order valence-corrected chi connectivity index (χ1v) is 10.2. The quantitative estimate of drug-likeness (QED) is 0.349. The van der Waals surface area contributed by atoms with Gasteiger partial charge in [-0.1, -0.05) is 40.2 Å². The fourth-order valence-electron chi connectivity index (χ4n) is 2.59. The van der Waals surface area contributed by atoms with Crippen molar-refractivity contribution >= 4 is 39.2 Å². The Morgan fingerprint density at radius 1 is 1.03 bits per heavy atom. The monoisotopic (exact) mass is 470 g/mol. The van der Waals surface area contributed by atoms with Crippen LogP contribution in [0.1, 0.15) is 5.69 Å². The average molecular weight is 471 g/mol. The molecule has 0 atom stereocenters. The van der Waals surface area contributed by atoms with Crippen molar-refractivity contribution in [3.8, 4) is 11.3 Å². The lowest BCUT2D eigenvalue weighted by Gasteiger charge is -2.05. The van der Waals surface area contributed by atoms with Gasteiger partial charge < -0.3 is 0 Å². The lowest BCUT2D eigenvalue weighted by atomic mass is 10.2. The molecule has 2 heterocycles. The molecule has 0 unspecified atom stereocenters. The number of rotatable bonds is 4. The van der Waals surface area contributed by atoms with Crippen LogP contribution in [0.4, 0.5) is 14.5 Å². The molecular weight excluding hydrogens is 458 g/mol. The van der Waals surface area contributed by atoms with Gasteiger partial charge in [-0.3, -0.25) is 4.98 Å². The lowest BCUT2D eigenvalue weighted by Crippen LogP contribution is -2.12. The Bertz CT molecular complexity index is 1250. The molecule has 0 fully saturated rings. The van der Waals surface area contributed by atoms with Gasteiger partial charge in [0.2, 0.25) is 4.80 Å². The van der Waals surface area contributed by atoms with Gasteiger partial charge in [0.25, 0.3) is 0 Å². The van der Waals surface area contributed by atoms with Crippen LogP contribution in [-0.4, -0.2) is 15.9 Å². The van der Waals surface area contributed by atoms with Crippen LogP contribution in [0, 0.1) is 11.6 Å². The summed E-state index contributed by atoms with van der Waals surface area (Å²) in [6.45, 7) is 0. The number of thiazole rings is 1. The highest BCUT2D eigenvalue weighted by molar-refractivity contribution is 9.10. The van der Waals surface area contributed by atoms with Crippen LogP contribution in [0.3, 0.4) is 0 Å². The van der Waals surface area contributed by atoms with E-state index >= 15 is 0 Å². The van der Waals surface area contributed by atoms with E-state index in [0.29, 0.717) is 10.5 Å². The predicted octanol–water partition coefficient (Wildman–Crippen LogP) is 5.77. The van der Waals surface area contributed by atoms with E-state index < -0.39 is 11.6 Å². The highest BCUT2D eigenvalue weighted by Crippen LogP contribution is 2.28. The third-order valence-electron chi connectivity index (χ3n) is 3.95. The Morgan fingerprint density at radius 3 is 2.62 bits per heavy atom. The van der Waals surface area contributed by atoms with E-state index in [1.54, 1.807) is 17.1 Å². The van der Waals surface area contributed by atoms with Crippen molar-refractivity contribution in [1.29, 1.82) is 0 Å². The van der Waals surface area contributed by atoms with Gasteiger partial charge in [-0.15, -0.1) is 11.3 Å². The molecule has 0 saturated heterocycles. The van der Waals surface area contributed by atoms with Crippen LogP contribution in [-0.2, 0) is 0 Å². The summed E-state index contributed by atoms with van der Waals surface area (Å²) in [4.78, 5) is 9.03. The Morgan fingerprint density at radius 2 is 1.86 bits per heavy atom. The Hall–Kier alpha value is -2.97. The van der Waals surface area contributed by atoms with Crippen molar-refractivity contribution in [2.75, 3.05) is 0 Å². The standard InChI is InChI=1S/C21H13BrF2N4S/c22-17-7-2-1-6-16(17)20-13-29-21(27-19-9-8-14(23)11-18(19)24)28(20)26-12-15-5-3-4-10-25-15/h1-13H. The number of halogens is 3. The van der Waals surface area contributed by atoms with Crippen molar-refractivity contribution in [2.45, 2.75) is 0 Å². The van der Waals surface area contributed by atoms with Crippen LogP contribution in [0.5, 0.6) is 0 Å². The minimum atomic E-state index is -0.735. The Kier molecular flexibility index (Phi) is 5.73. The summed E-state index contributed by atoms with van der Waals surface area (Å²) in [5, 5.41) is 6.41. The minimum absolute atomic E-state index is 0.0358. The molecule has 0 saturated carbocycles. The van der Waals surface area contributed by atoms with Gasteiger partial charge >= 0.3 is 0 Å². The maximum absolute atomic E-state index is 14.1. The summed E-state index contributed by atoms with van der Waals surface area (Å²) >= 11 is 4.86. The van der Waals surface area contributed by atoms with Gasteiger partial charge in [0.05, 0.1) is 17.6 Å². The number of nitrogens with zero attached hydrogens (tertiary/aromatic N) is 4. The van der Waals surface area contributed by atoms with Gasteiger partial charge in [-0.2, -0.15) is 5.10 Å². The summed E-state index contributed by atoms with van der Waals surface area (Å²) in [6.07, 6.45) is 3.28. The largest absolute Gasteiger partial charge is 0.255 e. The molecule has 4 rings (SSSR count). The molecule has 0 spiro atoms. The van der Waals surface area contributed by atoms with E-state index in [0.717, 1.165) is 21.8 Å². The summed E-state index contributed by atoms with van der Waals surface area (Å²) in [5.74, 6) is -1.39. The smallest absolute Gasteiger partial charge is 0.211 e. The first-order chi connectivity index (χ1) is 14.1. The van der Waals surface area contributed by atoms with Crippen molar-refractivity contribution in [3.05, 3.63) is 98.8 Å². The second-order valence-corrected chi connectivity index (χ2v) is 7.59. The summed E-state index contributed by atoms with van der Waals surface area (Å²) < 4.78 is 29.8. The molecule has 4 nitrogen and oxygen atoms in total. The summed E-state index contributed by atoms with van der Waals surface area (Å²) in [6, 6.07) is 16.5. The second kappa shape index (κ2) is 8.59. The van der Waals surface area contributed by atoms with Gasteiger partial charge in [0, 0.05) is 27.7 Å². The number of benzene rings is 2. The van der Waals surface area contributed by atoms with Crippen molar-refractivity contribution in [2.24, 2.45) is 10.1 Å². The number of aromatic nitrogens is 2. The van der Waals surface area contributed by atoms with Crippen molar-refractivity contribution in [3.63, 3.8) is 0 Å². The average Bonchev–Trinajstić information content (AvgIpc) is 3.12. The molecule has 0 aliphatic rings. The van der Waals surface area contributed by atoms with E-state index in [4.69, 9.17) is 0 Å². The SMILES string of the molecule is Fc1ccc(N=c2scc(-c3ccccc3Br)n2N=Cc2ccccn2)c(F)c1. The third-order valence-corrected chi connectivity index (χ3v) is 5.46. The molecule has 0 radical (unpaired) electrons. The zero-order valence-electron chi connectivity index (χ0n) is 14.8. The molecule has 29 heavy (non-hydrogen) atoms. The van der Waals surface area contributed by atoms with Crippen molar-refractivity contribution < 1.29 is 8.78 Å². The van der Waals surface area contributed by atoms with E-state index in [1.807, 2.05) is 47.8 Å². The Balaban J connectivity index is 1.89. The highest BCUT2D eigenvalue weighted by atomic mass is 79.9. The van der Waals surface area contributed by atoms with Crippen molar-refractivity contribution in [1.82, 2.24) is 9.66 Å². The molecule has 0 aliphatic heterocycles. The van der Waals surface area contributed by atoms with E-state index in [9.17, 15) is 8.78 Å². The van der Waals surface area contributed by atoms with Crippen LogP contribution < -0.4 is 4.80 Å². The Labute approximate surface area is 177 Å². The first-order valence-electron chi connectivity index (χ1n) is 8.52. The van der Waals surface area contributed by atoms with Gasteiger partial charge in [0.1, 0.15) is 11.5 Å². The first kappa shape index (κ1) is 19.4. The highest BCUT2D eigenvalue weighted by Gasteiger charge is 2.11. The van der Waals surface area contributed by atoms with Gasteiger partial charge in [0.15, 0.2) is 5.82 Å². The van der Waals surface area contributed by atoms with Crippen LogP contribution in [0.25, 0.3) is 11.3 Å². The molecule has 4 aromatic rings. The molecule has 0 bridgehead atoms. The van der Waals surface area contributed by atoms with Crippen LogP contribution in [0.2, 0.25) is 0 Å². The summed E-state index contributed by atoms with van der Waals surface area (Å²) in [7, 11) is 0. The fourth-order valence-corrected chi connectivity index (χ4v) is 3.92. The maximum Gasteiger partial charge on any atom is 0.211 e. The summed E-state index contributed by atoms with van der Waals surface area (Å²) in [5.41, 5.74) is 2.38. The number of hydrogen-bond acceptors (Lipinski definition) is 4. The van der Waals surface area contributed by atoms with E-state index in [2.05, 4.69) is 31.0 Å². The molecule has 0 N–H and O–H groups in total.